The van der Waals surface area contributed by atoms with Crippen LogP contribution < -0.4 is 4.74 Å². The van der Waals surface area contributed by atoms with E-state index in [0.29, 0.717) is 30.9 Å². The number of alkyl halides is 1. The molecule has 1 atom stereocenters. The van der Waals surface area contributed by atoms with E-state index in [0.717, 1.165) is 37.1 Å². The minimum absolute atomic E-state index is 0.249. The monoisotopic (exact) mass is 373 g/mol. The number of nitrogens with zero attached hydrogens (tertiary/aromatic N) is 1. The topological polar surface area (TPSA) is 41.9 Å². The van der Waals surface area contributed by atoms with Gasteiger partial charge in [-0.3, -0.25) is 4.90 Å². The quantitative estimate of drug-likeness (QED) is 0.618. The summed E-state index contributed by atoms with van der Waals surface area (Å²) in [4.78, 5) is 2.50. The van der Waals surface area contributed by atoms with Crippen LogP contribution in [0.15, 0.2) is 30.3 Å². The third kappa shape index (κ3) is 2.96. The lowest BCUT2D eigenvalue weighted by Gasteiger charge is -2.41. The average molecular weight is 374 g/mol. The number of fused-ring (bicyclic) bond motifs is 2. The predicted molar refractivity (Wildman–Crippen MR) is 103 cm³/mol. The molecular formula is C21H24ClNO3. The number of ether oxygens (including phenoxy) is 2. The van der Waals surface area contributed by atoms with Crippen LogP contribution in [0.5, 0.6) is 11.5 Å². The Kier molecular flexibility index (Phi) is 5.07. The molecule has 0 radical (unpaired) electrons. The zero-order chi connectivity index (χ0) is 18.1. The van der Waals surface area contributed by atoms with Crippen molar-refractivity contribution in [3.05, 3.63) is 47.0 Å². The van der Waals surface area contributed by atoms with Crippen LogP contribution in [-0.2, 0) is 17.6 Å². The molecule has 2 aromatic rings. The minimum atomic E-state index is 0.249. The first kappa shape index (κ1) is 17.7. The van der Waals surface area contributed by atoms with Crippen molar-refractivity contribution in [1.82, 2.24) is 4.90 Å². The standard InChI is InChI=1S/C21H24ClNO3/c1-25-18-6-5-15-13-17-19-14(3-2-4-16(19)20(15)21(18)24)7-9-23(17)10-12-26-11-8-22/h2-6,17,24H,7-13H2,1H3/t17-/m0/s1. The molecule has 0 amide bonds. The van der Waals surface area contributed by atoms with Gasteiger partial charge in [-0.1, -0.05) is 24.3 Å². The van der Waals surface area contributed by atoms with Gasteiger partial charge in [0.2, 0.25) is 0 Å². The van der Waals surface area contributed by atoms with E-state index in [1.807, 2.05) is 6.07 Å². The van der Waals surface area contributed by atoms with Gasteiger partial charge in [0, 0.05) is 30.6 Å². The van der Waals surface area contributed by atoms with E-state index in [-0.39, 0.29) is 5.75 Å². The molecule has 0 aromatic heterocycles. The van der Waals surface area contributed by atoms with E-state index in [1.54, 1.807) is 7.11 Å². The molecule has 2 aliphatic rings. The van der Waals surface area contributed by atoms with E-state index < -0.39 is 0 Å². The van der Waals surface area contributed by atoms with Crippen LogP contribution in [0.1, 0.15) is 22.7 Å². The number of benzene rings is 2. The predicted octanol–water partition coefficient (Wildman–Crippen LogP) is 3.78. The van der Waals surface area contributed by atoms with Gasteiger partial charge in [-0.2, -0.15) is 0 Å². The lowest BCUT2D eigenvalue weighted by atomic mass is 9.76. The summed E-state index contributed by atoms with van der Waals surface area (Å²) < 4.78 is 10.9. The molecule has 1 aliphatic heterocycles. The molecule has 0 bridgehead atoms. The number of methoxy groups -OCH3 is 1. The lowest BCUT2D eigenvalue weighted by Crippen LogP contribution is -2.40. The molecule has 1 heterocycles. The van der Waals surface area contributed by atoms with Crippen molar-refractivity contribution in [2.24, 2.45) is 0 Å². The second-order valence-corrected chi connectivity index (χ2v) is 7.21. The Morgan fingerprint density at radius 1 is 1.19 bits per heavy atom. The van der Waals surface area contributed by atoms with Crippen LogP contribution in [0.2, 0.25) is 0 Å². The van der Waals surface area contributed by atoms with E-state index >= 15 is 0 Å². The third-order valence-corrected chi connectivity index (χ3v) is 5.67. The van der Waals surface area contributed by atoms with Crippen LogP contribution in [-0.4, -0.2) is 49.3 Å². The Balaban J connectivity index is 1.72. The molecule has 2 aromatic carbocycles. The molecule has 0 saturated heterocycles. The van der Waals surface area contributed by atoms with Crippen molar-refractivity contribution in [3.8, 4) is 22.6 Å². The molecule has 1 N–H and O–H groups in total. The smallest absolute Gasteiger partial charge is 0.165 e. The van der Waals surface area contributed by atoms with E-state index in [1.165, 1.54) is 16.7 Å². The van der Waals surface area contributed by atoms with Crippen molar-refractivity contribution < 1.29 is 14.6 Å². The summed E-state index contributed by atoms with van der Waals surface area (Å²) in [5.74, 6) is 1.31. The summed E-state index contributed by atoms with van der Waals surface area (Å²) in [6.45, 7) is 3.22. The molecule has 0 unspecified atom stereocenters. The zero-order valence-electron chi connectivity index (χ0n) is 15.0. The van der Waals surface area contributed by atoms with Crippen LogP contribution in [0.3, 0.4) is 0 Å². The lowest BCUT2D eigenvalue weighted by molar-refractivity contribution is 0.0900. The normalized spacial score (nSPS) is 18.3. The first-order chi connectivity index (χ1) is 12.7. The van der Waals surface area contributed by atoms with Crippen LogP contribution >= 0.6 is 11.6 Å². The Labute approximate surface area is 159 Å². The molecule has 0 saturated carbocycles. The average Bonchev–Trinajstić information content (AvgIpc) is 2.67. The van der Waals surface area contributed by atoms with Gasteiger partial charge >= 0.3 is 0 Å². The van der Waals surface area contributed by atoms with Crippen molar-refractivity contribution in [3.63, 3.8) is 0 Å². The highest BCUT2D eigenvalue weighted by molar-refractivity contribution is 6.17. The van der Waals surface area contributed by atoms with E-state index in [2.05, 4.69) is 29.2 Å². The van der Waals surface area contributed by atoms with Crippen molar-refractivity contribution >= 4 is 11.6 Å². The van der Waals surface area contributed by atoms with Crippen LogP contribution in [0.4, 0.5) is 0 Å². The maximum Gasteiger partial charge on any atom is 0.165 e. The molecule has 138 valence electrons. The molecule has 4 rings (SSSR count). The number of phenolic OH excluding ortho intramolecular Hbond substituents is 1. The summed E-state index contributed by atoms with van der Waals surface area (Å²) in [5, 5.41) is 10.7. The SMILES string of the molecule is COc1ccc2c(c1O)-c1cccc3c1[C@H](C2)N(CCOCCCl)CC3. The fourth-order valence-corrected chi connectivity index (χ4v) is 4.45. The second kappa shape index (κ2) is 7.47. The summed E-state index contributed by atoms with van der Waals surface area (Å²) in [6, 6.07) is 10.7. The van der Waals surface area contributed by atoms with Crippen molar-refractivity contribution in [2.75, 3.05) is 39.3 Å². The fourth-order valence-electron chi connectivity index (χ4n) is 4.34. The fraction of sp³-hybridized carbons (Fsp3) is 0.429. The van der Waals surface area contributed by atoms with Gasteiger partial charge < -0.3 is 14.6 Å². The van der Waals surface area contributed by atoms with Crippen LogP contribution in [0, 0.1) is 0 Å². The molecule has 0 fully saturated rings. The van der Waals surface area contributed by atoms with Gasteiger partial charge in [0.25, 0.3) is 0 Å². The first-order valence-corrected chi connectivity index (χ1v) is 9.66. The minimum Gasteiger partial charge on any atom is -0.504 e. The van der Waals surface area contributed by atoms with Crippen LogP contribution in [0.25, 0.3) is 11.1 Å². The number of phenols is 1. The Bertz CT molecular complexity index is 808. The summed E-state index contributed by atoms with van der Waals surface area (Å²) in [5.41, 5.74) is 5.98. The largest absolute Gasteiger partial charge is 0.504 e. The Morgan fingerprint density at radius 2 is 2.08 bits per heavy atom. The van der Waals surface area contributed by atoms with Gasteiger partial charge in [-0.05, 0) is 41.2 Å². The van der Waals surface area contributed by atoms with E-state index in [4.69, 9.17) is 21.1 Å². The zero-order valence-corrected chi connectivity index (χ0v) is 15.8. The summed E-state index contributed by atoms with van der Waals surface area (Å²) >= 11 is 5.70. The molecule has 1 aliphatic carbocycles. The van der Waals surface area contributed by atoms with Gasteiger partial charge in [0.1, 0.15) is 0 Å². The van der Waals surface area contributed by atoms with Gasteiger partial charge in [0.05, 0.1) is 20.3 Å². The van der Waals surface area contributed by atoms with Crippen molar-refractivity contribution in [1.29, 1.82) is 0 Å². The number of aromatic hydroxyl groups is 1. The highest BCUT2D eigenvalue weighted by Gasteiger charge is 2.35. The Morgan fingerprint density at radius 3 is 2.88 bits per heavy atom. The van der Waals surface area contributed by atoms with Crippen molar-refractivity contribution in [2.45, 2.75) is 18.9 Å². The molecule has 26 heavy (non-hydrogen) atoms. The number of halogens is 1. The maximum atomic E-state index is 10.7. The van der Waals surface area contributed by atoms with E-state index in [9.17, 15) is 5.11 Å². The summed E-state index contributed by atoms with van der Waals surface area (Å²) in [6.07, 6.45) is 1.92. The molecule has 0 spiro atoms. The number of hydrogen-bond acceptors (Lipinski definition) is 4. The Hall–Kier alpha value is -1.75. The number of hydrogen-bond donors (Lipinski definition) is 1. The molecular weight excluding hydrogens is 350 g/mol. The number of rotatable bonds is 6. The second-order valence-electron chi connectivity index (χ2n) is 6.84. The third-order valence-electron chi connectivity index (χ3n) is 5.51. The van der Waals surface area contributed by atoms with Gasteiger partial charge in [-0.25, -0.2) is 0 Å². The molecule has 4 nitrogen and oxygen atoms in total. The molecule has 5 heteroatoms. The van der Waals surface area contributed by atoms with Gasteiger partial charge in [0.15, 0.2) is 11.5 Å². The highest BCUT2D eigenvalue weighted by atomic mass is 35.5. The van der Waals surface area contributed by atoms with Gasteiger partial charge in [-0.15, -0.1) is 11.6 Å². The highest BCUT2D eigenvalue weighted by Crippen LogP contribution is 2.50. The summed E-state index contributed by atoms with van der Waals surface area (Å²) in [7, 11) is 1.59. The maximum absolute atomic E-state index is 10.7. The first-order valence-electron chi connectivity index (χ1n) is 9.13.